The smallest absolute Gasteiger partial charge is 0.159 e. The minimum atomic E-state index is 0.863. The van der Waals surface area contributed by atoms with Gasteiger partial charge in [-0.25, -0.2) is 0 Å². The first kappa shape index (κ1) is 32.0. The van der Waals surface area contributed by atoms with Crippen molar-refractivity contribution in [3.63, 3.8) is 0 Å². The van der Waals surface area contributed by atoms with Crippen LogP contribution in [0.3, 0.4) is 0 Å². The lowest BCUT2D eigenvalue weighted by Gasteiger charge is -2.28. The molecule has 0 atom stereocenters. The van der Waals surface area contributed by atoms with Gasteiger partial charge in [-0.1, -0.05) is 176 Å². The number of hydrogen-bond donors (Lipinski definition) is 0. The van der Waals surface area contributed by atoms with E-state index in [-0.39, 0.29) is 0 Å². The largest absolute Gasteiger partial charge is 0.454 e. The summed E-state index contributed by atoms with van der Waals surface area (Å²) in [6.07, 6.45) is 0. The fraction of sp³-hybridized carbons (Fsp3) is 0. The van der Waals surface area contributed by atoms with Gasteiger partial charge >= 0.3 is 0 Å². The van der Waals surface area contributed by atoms with Crippen LogP contribution in [0.2, 0.25) is 0 Å². The average molecular weight is 714 g/mol. The molecule has 262 valence electrons. The SMILES string of the molecule is c1ccc(-c2cccc3cccc(-c4ccc(N(c5ccc(-c6ccc7ccccc7c6)c6ccccc56)c5cccc6c5oc5ccccc56)cc4)c23)cc1. The molecule has 0 fully saturated rings. The summed E-state index contributed by atoms with van der Waals surface area (Å²) in [4.78, 5) is 2.37. The lowest BCUT2D eigenvalue weighted by atomic mass is 9.91. The summed E-state index contributed by atoms with van der Waals surface area (Å²) >= 11 is 0. The van der Waals surface area contributed by atoms with Crippen molar-refractivity contribution in [3.05, 3.63) is 212 Å². The van der Waals surface area contributed by atoms with Crippen LogP contribution in [-0.4, -0.2) is 0 Å². The van der Waals surface area contributed by atoms with Crippen LogP contribution in [0.15, 0.2) is 217 Å². The summed E-state index contributed by atoms with van der Waals surface area (Å²) < 4.78 is 6.71. The van der Waals surface area contributed by atoms with Crippen molar-refractivity contribution in [2.45, 2.75) is 0 Å². The molecule has 1 heterocycles. The van der Waals surface area contributed by atoms with Crippen molar-refractivity contribution in [2.75, 3.05) is 4.90 Å². The molecule has 0 aliphatic carbocycles. The van der Waals surface area contributed by atoms with Crippen molar-refractivity contribution in [1.82, 2.24) is 0 Å². The summed E-state index contributed by atoms with van der Waals surface area (Å²) in [5, 5.41) is 9.53. The number of anilines is 3. The molecule has 0 aliphatic rings. The Morgan fingerprint density at radius 2 is 0.929 bits per heavy atom. The Balaban J connectivity index is 1.12. The highest BCUT2D eigenvalue weighted by Gasteiger charge is 2.22. The third kappa shape index (κ3) is 5.26. The molecule has 11 aromatic rings. The molecule has 1 aromatic heterocycles. The number of nitrogens with zero attached hydrogens (tertiary/aromatic N) is 1. The highest BCUT2D eigenvalue weighted by molar-refractivity contribution is 6.13. The van der Waals surface area contributed by atoms with E-state index < -0.39 is 0 Å². The van der Waals surface area contributed by atoms with Gasteiger partial charge in [0.15, 0.2) is 5.58 Å². The third-order valence-electron chi connectivity index (χ3n) is 11.3. The predicted octanol–water partition coefficient (Wildman–Crippen LogP) is 15.5. The zero-order chi connectivity index (χ0) is 37.0. The van der Waals surface area contributed by atoms with Gasteiger partial charge in [0.2, 0.25) is 0 Å². The number of benzene rings is 10. The van der Waals surface area contributed by atoms with E-state index in [0.717, 1.165) is 44.4 Å². The number of para-hydroxylation sites is 2. The molecule has 2 nitrogen and oxygen atoms in total. The second-order valence-corrected chi connectivity index (χ2v) is 14.4. The van der Waals surface area contributed by atoms with E-state index in [1.165, 1.54) is 60.3 Å². The quantitative estimate of drug-likeness (QED) is 0.171. The van der Waals surface area contributed by atoms with E-state index in [1.54, 1.807) is 0 Å². The molecule has 0 saturated heterocycles. The lowest BCUT2D eigenvalue weighted by molar-refractivity contribution is 0.669. The van der Waals surface area contributed by atoms with Crippen LogP contribution in [0, 0.1) is 0 Å². The maximum absolute atomic E-state index is 6.71. The molecule has 0 unspecified atom stereocenters. The summed E-state index contributed by atoms with van der Waals surface area (Å²) in [5.74, 6) is 0. The predicted molar refractivity (Wildman–Crippen MR) is 237 cm³/mol. The molecule has 0 spiro atoms. The summed E-state index contributed by atoms with van der Waals surface area (Å²) in [6.45, 7) is 0. The maximum Gasteiger partial charge on any atom is 0.159 e. The molecule has 0 saturated carbocycles. The van der Waals surface area contributed by atoms with Gasteiger partial charge in [-0.3, -0.25) is 0 Å². The van der Waals surface area contributed by atoms with Crippen molar-refractivity contribution >= 4 is 71.3 Å². The van der Waals surface area contributed by atoms with Crippen molar-refractivity contribution in [3.8, 4) is 33.4 Å². The van der Waals surface area contributed by atoms with Crippen LogP contribution in [0.1, 0.15) is 0 Å². The van der Waals surface area contributed by atoms with Crippen LogP contribution in [-0.2, 0) is 0 Å². The van der Waals surface area contributed by atoms with Gasteiger partial charge in [0.25, 0.3) is 0 Å². The Morgan fingerprint density at radius 1 is 0.321 bits per heavy atom. The van der Waals surface area contributed by atoms with Crippen LogP contribution in [0.4, 0.5) is 17.1 Å². The first-order valence-corrected chi connectivity index (χ1v) is 19.2. The van der Waals surface area contributed by atoms with Crippen LogP contribution >= 0.6 is 0 Å². The Labute approximate surface area is 325 Å². The molecule has 2 heteroatoms. The second kappa shape index (κ2) is 13.2. The van der Waals surface area contributed by atoms with Crippen LogP contribution in [0.5, 0.6) is 0 Å². The topological polar surface area (TPSA) is 16.4 Å². The number of fused-ring (bicyclic) bond motifs is 6. The molecular formula is C54H35NO. The molecule has 0 bridgehead atoms. The van der Waals surface area contributed by atoms with E-state index in [1.807, 2.05) is 6.07 Å². The molecule has 0 N–H and O–H groups in total. The van der Waals surface area contributed by atoms with Gasteiger partial charge in [-0.15, -0.1) is 0 Å². The van der Waals surface area contributed by atoms with E-state index in [9.17, 15) is 0 Å². The fourth-order valence-electron chi connectivity index (χ4n) is 8.63. The first-order chi connectivity index (χ1) is 27.8. The van der Waals surface area contributed by atoms with Gasteiger partial charge in [0, 0.05) is 21.8 Å². The zero-order valence-corrected chi connectivity index (χ0v) is 30.6. The molecule has 0 radical (unpaired) electrons. The average Bonchev–Trinajstić information content (AvgIpc) is 3.66. The Bertz CT molecular complexity index is 3240. The number of furan rings is 1. The molecular weight excluding hydrogens is 679 g/mol. The molecule has 0 aliphatic heterocycles. The highest BCUT2D eigenvalue weighted by atomic mass is 16.3. The minimum absolute atomic E-state index is 0.863. The normalized spacial score (nSPS) is 11.6. The maximum atomic E-state index is 6.71. The highest BCUT2D eigenvalue weighted by Crippen LogP contribution is 2.46. The van der Waals surface area contributed by atoms with E-state index in [4.69, 9.17) is 4.42 Å². The van der Waals surface area contributed by atoms with Gasteiger partial charge in [-0.2, -0.15) is 0 Å². The van der Waals surface area contributed by atoms with Gasteiger partial charge < -0.3 is 9.32 Å². The van der Waals surface area contributed by atoms with Crippen molar-refractivity contribution in [1.29, 1.82) is 0 Å². The third-order valence-corrected chi connectivity index (χ3v) is 11.3. The summed E-state index contributed by atoms with van der Waals surface area (Å²) in [7, 11) is 0. The molecule has 56 heavy (non-hydrogen) atoms. The van der Waals surface area contributed by atoms with Crippen molar-refractivity contribution in [2.24, 2.45) is 0 Å². The van der Waals surface area contributed by atoms with E-state index in [2.05, 4.69) is 211 Å². The van der Waals surface area contributed by atoms with Gasteiger partial charge in [0.1, 0.15) is 5.58 Å². The van der Waals surface area contributed by atoms with Gasteiger partial charge in [-0.05, 0) is 96.7 Å². The number of hydrogen-bond acceptors (Lipinski definition) is 2. The Hall–Kier alpha value is -7.42. The summed E-state index contributed by atoms with van der Waals surface area (Å²) in [6, 6.07) is 76.4. The van der Waals surface area contributed by atoms with Crippen molar-refractivity contribution < 1.29 is 4.42 Å². The Morgan fingerprint density at radius 3 is 1.73 bits per heavy atom. The van der Waals surface area contributed by atoms with E-state index >= 15 is 0 Å². The molecule has 11 rings (SSSR count). The number of rotatable bonds is 6. The monoisotopic (exact) mass is 713 g/mol. The fourth-order valence-corrected chi connectivity index (χ4v) is 8.63. The Kier molecular flexibility index (Phi) is 7.53. The lowest BCUT2D eigenvalue weighted by Crippen LogP contribution is -2.11. The minimum Gasteiger partial charge on any atom is -0.454 e. The molecule has 10 aromatic carbocycles. The molecule has 0 amide bonds. The second-order valence-electron chi connectivity index (χ2n) is 14.4. The first-order valence-electron chi connectivity index (χ1n) is 19.2. The van der Waals surface area contributed by atoms with Gasteiger partial charge in [0.05, 0.1) is 11.4 Å². The van der Waals surface area contributed by atoms with Crippen LogP contribution in [0.25, 0.3) is 87.6 Å². The summed E-state index contributed by atoms with van der Waals surface area (Å²) in [5.41, 5.74) is 12.1. The standard InChI is InChI=1S/C54H35NO/c1-2-14-37(15-3-1)44-22-10-17-39-18-11-23-45(53(39)44)38-29-31-42(32-30-38)55(51-25-12-24-49-48-21-8-9-26-52(48)56-54(49)51)50-34-33-43(46-19-6-7-20-47(46)50)41-28-27-36-13-4-5-16-40(36)35-41/h1-35H. The van der Waals surface area contributed by atoms with E-state index in [0.29, 0.717) is 0 Å². The van der Waals surface area contributed by atoms with Crippen LogP contribution < -0.4 is 4.90 Å². The zero-order valence-electron chi connectivity index (χ0n) is 30.6.